The van der Waals surface area contributed by atoms with Crippen LogP contribution >= 0.6 is 0 Å². The molecule has 5 heteroatoms. The number of hydrogen-bond donors (Lipinski definition) is 0. The van der Waals surface area contributed by atoms with Crippen LogP contribution in [0.25, 0.3) is 0 Å². The molecule has 1 aromatic carbocycles. The third-order valence-electron chi connectivity index (χ3n) is 2.73. The zero-order valence-electron chi connectivity index (χ0n) is 10.7. The molecular weight excluding hydrogens is 241 g/mol. The molecule has 0 aliphatic carbocycles. The topological polar surface area (TPSA) is 52.4 Å². The highest BCUT2D eigenvalue weighted by Crippen LogP contribution is 2.23. The second-order valence-electron chi connectivity index (χ2n) is 4.26. The summed E-state index contributed by atoms with van der Waals surface area (Å²) in [4.78, 5) is 10.3. The van der Waals surface area contributed by atoms with E-state index in [2.05, 4.69) is 0 Å². The van der Waals surface area contributed by atoms with E-state index in [0.29, 0.717) is 17.9 Å². The standard InChI is InChI=1S/C13H18BNO3.CH4/c1-11-10-12(6-7-13(11)15(16)17)18-9-5-3-2-4-8-14;/h6-7,10H,2-5,8-9H2,1H3;1H4. The molecule has 1 rings (SSSR count). The highest BCUT2D eigenvalue weighted by molar-refractivity contribution is 6.08. The van der Waals surface area contributed by atoms with Gasteiger partial charge in [-0.2, -0.15) is 0 Å². The summed E-state index contributed by atoms with van der Waals surface area (Å²) < 4.78 is 5.55. The van der Waals surface area contributed by atoms with Crippen LogP contribution in [0.2, 0.25) is 6.32 Å². The minimum Gasteiger partial charge on any atom is -0.494 e. The van der Waals surface area contributed by atoms with Gasteiger partial charge in [-0.1, -0.05) is 33.0 Å². The molecule has 0 heterocycles. The van der Waals surface area contributed by atoms with Crippen molar-refractivity contribution in [2.75, 3.05) is 6.61 Å². The molecule has 0 aromatic heterocycles. The predicted octanol–water partition coefficient (Wildman–Crippen LogP) is 4.07. The van der Waals surface area contributed by atoms with Crippen LogP contribution in [0.4, 0.5) is 5.69 Å². The fraction of sp³-hybridized carbons (Fsp3) is 0.571. The molecule has 0 saturated heterocycles. The average Bonchev–Trinajstić information content (AvgIpc) is 2.33. The zero-order valence-corrected chi connectivity index (χ0v) is 10.7. The van der Waals surface area contributed by atoms with Crippen molar-refractivity contribution in [3.63, 3.8) is 0 Å². The van der Waals surface area contributed by atoms with E-state index < -0.39 is 0 Å². The molecule has 0 aliphatic rings. The summed E-state index contributed by atoms with van der Waals surface area (Å²) in [6.07, 6.45) is 5.00. The van der Waals surface area contributed by atoms with E-state index in [-0.39, 0.29) is 18.0 Å². The fourth-order valence-electron chi connectivity index (χ4n) is 1.71. The van der Waals surface area contributed by atoms with Gasteiger partial charge in [0, 0.05) is 11.6 Å². The van der Waals surface area contributed by atoms with Gasteiger partial charge in [0.2, 0.25) is 0 Å². The van der Waals surface area contributed by atoms with E-state index in [1.807, 2.05) is 0 Å². The second kappa shape index (κ2) is 9.42. The molecule has 4 nitrogen and oxygen atoms in total. The minimum absolute atomic E-state index is 0. The van der Waals surface area contributed by atoms with Crippen LogP contribution in [0.15, 0.2) is 18.2 Å². The first kappa shape index (κ1) is 17.5. The van der Waals surface area contributed by atoms with Gasteiger partial charge in [-0.15, -0.1) is 0 Å². The van der Waals surface area contributed by atoms with E-state index in [1.165, 1.54) is 6.07 Å². The normalized spacial score (nSPS) is 9.74. The molecule has 0 saturated carbocycles. The van der Waals surface area contributed by atoms with Crippen molar-refractivity contribution in [1.29, 1.82) is 0 Å². The first-order valence-corrected chi connectivity index (χ1v) is 6.23. The predicted molar refractivity (Wildman–Crippen MR) is 79.1 cm³/mol. The van der Waals surface area contributed by atoms with Crippen LogP contribution in [0.5, 0.6) is 5.75 Å². The van der Waals surface area contributed by atoms with Crippen molar-refractivity contribution in [2.45, 2.75) is 46.4 Å². The summed E-state index contributed by atoms with van der Waals surface area (Å²) in [6.45, 7) is 2.36. The molecule has 19 heavy (non-hydrogen) atoms. The Bertz CT molecular complexity index is 396. The van der Waals surface area contributed by atoms with Gasteiger partial charge in [0.15, 0.2) is 0 Å². The van der Waals surface area contributed by atoms with E-state index in [9.17, 15) is 10.1 Å². The number of unbranched alkanes of at least 4 members (excludes halogenated alkanes) is 3. The lowest BCUT2D eigenvalue weighted by atomic mass is 9.99. The number of hydrogen-bond acceptors (Lipinski definition) is 3. The fourth-order valence-corrected chi connectivity index (χ4v) is 1.71. The van der Waals surface area contributed by atoms with Crippen LogP contribution in [0.1, 0.15) is 38.7 Å². The van der Waals surface area contributed by atoms with Gasteiger partial charge in [-0.05, 0) is 25.5 Å². The third kappa shape index (κ3) is 6.27. The molecular formula is C14H22BNO3. The van der Waals surface area contributed by atoms with Gasteiger partial charge in [-0.3, -0.25) is 10.1 Å². The van der Waals surface area contributed by atoms with Crippen molar-refractivity contribution in [1.82, 2.24) is 0 Å². The average molecular weight is 263 g/mol. The van der Waals surface area contributed by atoms with Gasteiger partial charge < -0.3 is 4.74 Å². The van der Waals surface area contributed by atoms with Gasteiger partial charge in [-0.25, -0.2) is 0 Å². The molecule has 2 radical (unpaired) electrons. The molecule has 0 N–H and O–H groups in total. The molecule has 104 valence electrons. The Labute approximate surface area is 116 Å². The Hall–Kier alpha value is -1.52. The second-order valence-corrected chi connectivity index (χ2v) is 4.26. The lowest BCUT2D eigenvalue weighted by Crippen LogP contribution is -1.98. The Kier molecular flexibility index (Phi) is 8.67. The van der Waals surface area contributed by atoms with Crippen LogP contribution < -0.4 is 4.74 Å². The van der Waals surface area contributed by atoms with Gasteiger partial charge >= 0.3 is 0 Å². The SMILES string of the molecule is C.[B]CCCCCCOc1ccc([N+](=O)[O-])c(C)c1. The molecule has 0 unspecified atom stereocenters. The number of nitrogens with zero attached hydrogens (tertiary/aromatic N) is 1. The van der Waals surface area contributed by atoms with Crippen molar-refractivity contribution in [2.24, 2.45) is 0 Å². The molecule has 0 aliphatic heterocycles. The van der Waals surface area contributed by atoms with Crippen molar-refractivity contribution < 1.29 is 9.66 Å². The van der Waals surface area contributed by atoms with E-state index in [4.69, 9.17) is 12.6 Å². The summed E-state index contributed by atoms with van der Waals surface area (Å²) in [5, 5.41) is 10.6. The first-order valence-electron chi connectivity index (χ1n) is 6.23. The number of rotatable bonds is 8. The Morgan fingerprint density at radius 3 is 2.53 bits per heavy atom. The summed E-state index contributed by atoms with van der Waals surface area (Å²) >= 11 is 0. The Morgan fingerprint density at radius 2 is 1.95 bits per heavy atom. The molecule has 0 amide bonds. The Morgan fingerprint density at radius 1 is 1.26 bits per heavy atom. The highest BCUT2D eigenvalue weighted by atomic mass is 16.6. The third-order valence-corrected chi connectivity index (χ3v) is 2.73. The number of nitro benzene ring substituents is 1. The van der Waals surface area contributed by atoms with Crippen LogP contribution in [-0.2, 0) is 0 Å². The lowest BCUT2D eigenvalue weighted by molar-refractivity contribution is -0.385. The lowest BCUT2D eigenvalue weighted by Gasteiger charge is -2.07. The highest BCUT2D eigenvalue weighted by Gasteiger charge is 2.10. The molecule has 1 aromatic rings. The van der Waals surface area contributed by atoms with E-state index in [0.717, 1.165) is 32.0 Å². The quantitative estimate of drug-likeness (QED) is 0.307. The van der Waals surface area contributed by atoms with E-state index in [1.54, 1.807) is 19.1 Å². The van der Waals surface area contributed by atoms with Crippen LogP contribution in [0, 0.1) is 17.0 Å². The summed E-state index contributed by atoms with van der Waals surface area (Å²) in [6, 6.07) is 4.84. The minimum atomic E-state index is -0.383. The maximum Gasteiger partial charge on any atom is 0.272 e. The van der Waals surface area contributed by atoms with Gasteiger partial charge in [0.25, 0.3) is 5.69 Å². The van der Waals surface area contributed by atoms with Gasteiger partial charge in [0.1, 0.15) is 5.75 Å². The number of nitro groups is 1. The number of ether oxygens (including phenoxy) is 1. The summed E-state index contributed by atoms with van der Waals surface area (Å²) in [5.41, 5.74) is 0.755. The van der Waals surface area contributed by atoms with E-state index >= 15 is 0 Å². The van der Waals surface area contributed by atoms with Crippen molar-refractivity contribution >= 4 is 13.5 Å². The van der Waals surface area contributed by atoms with Crippen molar-refractivity contribution in [3.05, 3.63) is 33.9 Å². The maximum atomic E-state index is 10.6. The monoisotopic (exact) mass is 263 g/mol. The van der Waals surface area contributed by atoms with Crippen LogP contribution in [-0.4, -0.2) is 19.4 Å². The Balaban J connectivity index is 0.00000324. The molecule has 0 fully saturated rings. The molecule has 0 bridgehead atoms. The van der Waals surface area contributed by atoms with Crippen molar-refractivity contribution in [3.8, 4) is 5.75 Å². The summed E-state index contributed by atoms with van der Waals surface area (Å²) in [5.74, 6) is 0.692. The van der Waals surface area contributed by atoms with Gasteiger partial charge in [0.05, 0.1) is 19.4 Å². The van der Waals surface area contributed by atoms with Crippen LogP contribution in [0.3, 0.4) is 0 Å². The zero-order chi connectivity index (χ0) is 13.4. The number of benzene rings is 1. The first-order chi connectivity index (χ1) is 8.65. The summed E-state index contributed by atoms with van der Waals surface area (Å²) in [7, 11) is 5.40. The maximum absolute atomic E-state index is 10.6. The smallest absolute Gasteiger partial charge is 0.272 e. The number of aryl methyl sites for hydroxylation is 1. The largest absolute Gasteiger partial charge is 0.494 e. The molecule has 0 atom stereocenters. The molecule has 0 spiro atoms.